The summed E-state index contributed by atoms with van der Waals surface area (Å²) >= 11 is 0. The van der Waals surface area contributed by atoms with Crippen molar-refractivity contribution in [2.45, 2.75) is 49.0 Å². The number of nitrogens with zero attached hydrogens (tertiary/aromatic N) is 2. The highest BCUT2D eigenvalue weighted by atomic mass is 32.2. The highest BCUT2D eigenvalue weighted by molar-refractivity contribution is 7.90. The number of benzene rings is 2. The summed E-state index contributed by atoms with van der Waals surface area (Å²) in [6.45, 7) is 2.37. The number of likely N-dealkylation sites (tertiary alicyclic amines) is 1. The maximum atomic E-state index is 13.7. The second kappa shape index (κ2) is 13.2. The molecular formula is C31H38F3N5O4S. The molecule has 0 radical (unpaired) electrons. The zero-order valence-corrected chi connectivity index (χ0v) is 25.9. The molecule has 13 heteroatoms. The second-order valence-electron chi connectivity index (χ2n) is 11.4. The van der Waals surface area contributed by atoms with Gasteiger partial charge in [0.05, 0.1) is 47.2 Å². The van der Waals surface area contributed by atoms with Crippen LogP contribution in [0.2, 0.25) is 0 Å². The van der Waals surface area contributed by atoms with Crippen LogP contribution in [0.5, 0.6) is 11.5 Å². The van der Waals surface area contributed by atoms with Crippen molar-refractivity contribution < 1.29 is 31.1 Å². The molecule has 2 aromatic carbocycles. The van der Waals surface area contributed by atoms with Crippen molar-refractivity contribution in [2.75, 3.05) is 63.8 Å². The highest BCUT2D eigenvalue weighted by Gasteiger charge is 2.31. The third kappa shape index (κ3) is 7.72. The lowest BCUT2D eigenvalue weighted by molar-refractivity contribution is -0.140. The Morgan fingerprint density at radius 3 is 2.64 bits per heavy atom. The minimum absolute atomic E-state index is 0.0145. The zero-order valence-electron chi connectivity index (χ0n) is 25.1. The number of ether oxygens (including phenoxy) is 2. The van der Waals surface area contributed by atoms with Crippen molar-refractivity contribution in [3.63, 3.8) is 0 Å². The SMILES string of the molecule is COc1cc(S(C)(=O)=O)ccc1NCC#Cc1cc2c3c(ccc2n1CC(F)(F)F)OCC(CCNC1CCN(C)CC1)N3. The fraction of sp³-hybridized carbons (Fsp3) is 0.484. The Hall–Kier alpha value is -3.60. The first-order valence-corrected chi connectivity index (χ1v) is 16.5. The first-order valence-electron chi connectivity index (χ1n) is 14.6. The van der Waals surface area contributed by atoms with E-state index in [0.29, 0.717) is 46.4 Å². The molecule has 1 fully saturated rings. The van der Waals surface area contributed by atoms with Gasteiger partial charge < -0.3 is 34.9 Å². The monoisotopic (exact) mass is 633 g/mol. The quantitative estimate of drug-likeness (QED) is 0.300. The van der Waals surface area contributed by atoms with Crippen LogP contribution in [0.4, 0.5) is 24.5 Å². The van der Waals surface area contributed by atoms with E-state index >= 15 is 0 Å². The molecule has 0 aliphatic carbocycles. The summed E-state index contributed by atoms with van der Waals surface area (Å²) in [5, 5.41) is 10.8. The van der Waals surface area contributed by atoms with E-state index in [2.05, 4.69) is 39.7 Å². The molecule has 0 amide bonds. The third-order valence-electron chi connectivity index (χ3n) is 8.00. The van der Waals surface area contributed by atoms with Crippen LogP contribution in [0, 0.1) is 11.8 Å². The van der Waals surface area contributed by atoms with Gasteiger partial charge in [-0.05, 0) is 82.2 Å². The van der Waals surface area contributed by atoms with Crippen molar-refractivity contribution in [3.05, 3.63) is 42.1 Å². The Balaban J connectivity index is 1.33. The van der Waals surface area contributed by atoms with Gasteiger partial charge in [0.1, 0.15) is 24.7 Å². The van der Waals surface area contributed by atoms with Crippen molar-refractivity contribution in [3.8, 4) is 23.3 Å². The van der Waals surface area contributed by atoms with Gasteiger partial charge in [-0.3, -0.25) is 0 Å². The van der Waals surface area contributed by atoms with E-state index in [4.69, 9.17) is 9.47 Å². The summed E-state index contributed by atoms with van der Waals surface area (Å²) in [7, 11) is 0.137. The number of sulfone groups is 1. The van der Waals surface area contributed by atoms with E-state index in [-0.39, 0.29) is 23.2 Å². The van der Waals surface area contributed by atoms with Gasteiger partial charge in [0, 0.05) is 23.8 Å². The molecule has 2 aliphatic rings. The molecule has 5 rings (SSSR count). The number of aromatic nitrogens is 1. The van der Waals surface area contributed by atoms with E-state index in [9.17, 15) is 21.6 Å². The normalized spacial score (nSPS) is 17.7. The third-order valence-corrected chi connectivity index (χ3v) is 9.11. The van der Waals surface area contributed by atoms with Crippen molar-refractivity contribution >= 4 is 32.1 Å². The largest absolute Gasteiger partial charge is 0.495 e. The van der Waals surface area contributed by atoms with Gasteiger partial charge in [0.25, 0.3) is 0 Å². The summed E-state index contributed by atoms with van der Waals surface area (Å²) < 4.78 is 77.2. The van der Waals surface area contributed by atoms with Gasteiger partial charge in [-0.2, -0.15) is 13.2 Å². The average molecular weight is 634 g/mol. The lowest BCUT2D eigenvalue weighted by Gasteiger charge is -2.31. The van der Waals surface area contributed by atoms with E-state index in [0.717, 1.165) is 45.2 Å². The van der Waals surface area contributed by atoms with Crippen LogP contribution >= 0.6 is 0 Å². The molecule has 1 unspecified atom stereocenters. The molecule has 0 saturated carbocycles. The summed E-state index contributed by atoms with van der Waals surface area (Å²) in [4.78, 5) is 2.44. The number of methoxy groups -OCH3 is 1. The lowest BCUT2D eigenvalue weighted by atomic mass is 10.0. The second-order valence-corrected chi connectivity index (χ2v) is 13.4. The first-order chi connectivity index (χ1) is 20.9. The number of nitrogens with one attached hydrogen (secondary N) is 3. The summed E-state index contributed by atoms with van der Waals surface area (Å²) in [5.41, 5.74) is 1.82. The van der Waals surface area contributed by atoms with Gasteiger partial charge >= 0.3 is 6.18 Å². The predicted molar refractivity (Wildman–Crippen MR) is 166 cm³/mol. The van der Waals surface area contributed by atoms with E-state index in [1.54, 1.807) is 24.3 Å². The Labute approximate surface area is 256 Å². The standard InChI is InChI=1S/C31H38F3N5O4S/c1-38-15-11-21(12-16-38)35-14-10-22-19-43-28-9-8-27-25(30(28)37-22)17-23(39(27)20-31(32,33)34)5-4-13-36-26-7-6-24(44(3,40)41)18-29(26)42-2/h6-9,17-18,21-22,35-37H,10-16,19-20H2,1-3H3. The number of fused-ring (bicyclic) bond motifs is 3. The van der Waals surface area contributed by atoms with Crippen molar-refractivity contribution in [2.24, 2.45) is 0 Å². The van der Waals surface area contributed by atoms with Crippen LogP contribution in [0.25, 0.3) is 10.9 Å². The van der Waals surface area contributed by atoms with Gasteiger partial charge in [-0.15, -0.1) is 0 Å². The average Bonchev–Trinajstić information content (AvgIpc) is 3.31. The molecule has 9 nitrogen and oxygen atoms in total. The molecule has 238 valence electrons. The smallest absolute Gasteiger partial charge is 0.406 e. The van der Waals surface area contributed by atoms with E-state index in [1.807, 2.05) is 0 Å². The summed E-state index contributed by atoms with van der Waals surface area (Å²) in [6, 6.07) is 9.94. The van der Waals surface area contributed by atoms with Gasteiger partial charge in [-0.1, -0.05) is 5.92 Å². The topological polar surface area (TPSA) is 96.9 Å². The number of hydrogen-bond donors (Lipinski definition) is 3. The molecular weight excluding hydrogens is 595 g/mol. The Bertz CT molecular complexity index is 1650. The molecule has 1 saturated heterocycles. The Morgan fingerprint density at radius 2 is 1.93 bits per heavy atom. The van der Waals surface area contributed by atoms with Gasteiger partial charge in [0.15, 0.2) is 9.84 Å². The van der Waals surface area contributed by atoms with Crippen molar-refractivity contribution in [1.82, 2.24) is 14.8 Å². The number of piperidine rings is 1. The van der Waals surface area contributed by atoms with Crippen LogP contribution < -0.4 is 25.4 Å². The molecule has 0 spiro atoms. The highest BCUT2D eigenvalue weighted by Crippen LogP contribution is 2.39. The fourth-order valence-corrected chi connectivity index (χ4v) is 6.26. The lowest BCUT2D eigenvalue weighted by Crippen LogP contribution is -2.42. The van der Waals surface area contributed by atoms with Crippen LogP contribution in [-0.4, -0.2) is 89.3 Å². The molecule has 3 aromatic rings. The minimum atomic E-state index is -4.45. The number of alkyl halides is 3. The summed E-state index contributed by atoms with van der Waals surface area (Å²) in [6.07, 6.45) is -0.295. The summed E-state index contributed by atoms with van der Waals surface area (Å²) in [5.74, 6) is 6.71. The minimum Gasteiger partial charge on any atom is -0.495 e. The number of anilines is 2. The van der Waals surface area contributed by atoms with Crippen molar-refractivity contribution in [1.29, 1.82) is 0 Å². The number of hydrogen-bond acceptors (Lipinski definition) is 8. The predicted octanol–water partition coefficient (Wildman–Crippen LogP) is 4.33. The number of halogens is 3. The molecule has 0 bridgehead atoms. The zero-order chi connectivity index (χ0) is 31.5. The maximum Gasteiger partial charge on any atom is 0.406 e. The van der Waals surface area contributed by atoms with Gasteiger partial charge in [0.2, 0.25) is 0 Å². The Kier molecular flexibility index (Phi) is 9.53. The molecule has 3 N–H and O–H groups in total. The maximum absolute atomic E-state index is 13.7. The molecule has 44 heavy (non-hydrogen) atoms. The van der Waals surface area contributed by atoms with E-state index < -0.39 is 22.6 Å². The van der Waals surface area contributed by atoms with Crippen LogP contribution in [-0.2, 0) is 16.4 Å². The molecule has 1 aromatic heterocycles. The number of rotatable bonds is 9. The van der Waals surface area contributed by atoms with Crippen LogP contribution in [0.3, 0.4) is 0 Å². The molecule has 1 atom stereocenters. The van der Waals surface area contributed by atoms with Gasteiger partial charge in [-0.25, -0.2) is 8.42 Å². The van der Waals surface area contributed by atoms with Crippen LogP contribution in [0.1, 0.15) is 25.0 Å². The fourth-order valence-electron chi connectivity index (χ4n) is 5.63. The Morgan fingerprint density at radius 1 is 1.16 bits per heavy atom. The van der Waals surface area contributed by atoms with Crippen LogP contribution in [0.15, 0.2) is 41.3 Å². The first kappa shape index (κ1) is 31.8. The van der Waals surface area contributed by atoms with E-state index in [1.165, 1.54) is 23.8 Å². The molecule has 3 heterocycles. The molecule has 2 aliphatic heterocycles.